The monoisotopic (exact) mass is 392 g/mol. The van der Waals surface area contributed by atoms with Gasteiger partial charge in [0.2, 0.25) is 0 Å². The summed E-state index contributed by atoms with van der Waals surface area (Å²) >= 11 is 6.28. The lowest BCUT2D eigenvalue weighted by Crippen LogP contribution is -2.17. The summed E-state index contributed by atoms with van der Waals surface area (Å²) in [4.78, 5) is 2.28. The maximum absolute atomic E-state index is 6.28. The van der Waals surface area contributed by atoms with Crippen LogP contribution in [0.15, 0.2) is 48.5 Å². The van der Waals surface area contributed by atoms with E-state index in [-0.39, 0.29) is 0 Å². The Labute approximate surface area is 171 Å². The second-order valence-electron chi connectivity index (χ2n) is 8.21. The average Bonchev–Trinajstić information content (AvgIpc) is 3.06. The molecule has 0 unspecified atom stereocenters. The second kappa shape index (κ2) is 7.34. The Bertz CT molecular complexity index is 974. The predicted octanol–water partition coefficient (Wildman–Crippen LogP) is 5.31. The summed E-state index contributed by atoms with van der Waals surface area (Å²) in [6, 6.07) is 17.1. The van der Waals surface area contributed by atoms with Crippen molar-refractivity contribution in [2.45, 2.75) is 50.6 Å². The molecule has 0 radical (unpaired) electrons. The third-order valence-electron chi connectivity index (χ3n) is 6.25. The summed E-state index contributed by atoms with van der Waals surface area (Å²) in [5.41, 5.74) is 3.91. The highest BCUT2D eigenvalue weighted by Crippen LogP contribution is 2.41. The van der Waals surface area contributed by atoms with E-state index >= 15 is 0 Å². The van der Waals surface area contributed by atoms with Gasteiger partial charge in [-0.3, -0.25) is 9.47 Å². The van der Waals surface area contributed by atoms with Crippen LogP contribution in [0.25, 0.3) is 5.69 Å². The van der Waals surface area contributed by atoms with Crippen LogP contribution >= 0.6 is 11.6 Å². The fourth-order valence-corrected chi connectivity index (χ4v) is 5.05. The number of benzene rings is 2. The summed E-state index contributed by atoms with van der Waals surface area (Å²) in [5, 5.41) is 10.0. The SMILES string of the molecule is CN1Cc2cc(Cl)ccc2-n2c(nnc2C2CCC(c3ccccc3)CC2)C1. The molecule has 1 aromatic heterocycles. The lowest BCUT2D eigenvalue weighted by Gasteiger charge is -2.28. The van der Waals surface area contributed by atoms with Crippen LogP contribution in [-0.2, 0) is 13.1 Å². The standard InChI is InChI=1S/C23H25ClN4/c1-27-14-19-13-20(24)11-12-21(19)28-22(15-27)25-26-23(28)18-9-7-17(8-10-18)16-5-3-2-4-6-16/h2-6,11-13,17-18H,7-10,14-15H2,1H3. The van der Waals surface area contributed by atoms with Gasteiger partial charge in [-0.1, -0.05) is 41.9 Å². The Morgan fingerprint density at radius 3 is 2.43 bits per heavy atom. The molecule has 0 amide bonds. The summed E-state index contributed by atoms with van der Waals surface area (Å²) in [7, 11) is 2.12. The van der Waals surface area contributed by atoms with Gasteiger partial charge in [-0.05, 0) is 68.0 Å². The maximum Gasteiger partial charge on any atom is 0.151 e. The molecule has 1 fully saturated rings. The Kier molecular flexibility index (Phi) is 4.69. The normalized spacial score (nSPS) is 22.4. The second-order valence-corrected chi connectivity index (χ2v) is 8.65. The number of hydrogen-bond donors (Lipinski definition) is 0. The van der Waals surface area contributed by atoms with E-state index in [1.165, 1.54) is 29.7 Å². The fraction of sp³-hybridized carbons (Fsp3) is 0.391. The van der Waals surface area contributed by atoms with Crippen molar-refractivity contribution in [3.05, 3.63) is 76.3 Å². The van der Waals surface area contributed by atoms with Gasteiger partial charge in [-0.2, -0.15) is 0 Å². The van der Waals surface area contributed by atoms with Crippen molar-refractivity contribution >= 4 is 11.6 Å². The average molecular weight is 393 g/mol. The third kappa shape index (κ3) is 3.25. The summed E-state index contributed by atoms with van der Waals surface area (Å²) < 4.78 is 2.31. The molecule has 2 aromatic carbocycles. The highest BCUT2D eigenvalue weighted by molar-refractivity contribution is 6.30. The number of rotatable bonds is 2. The molecule has 5 heteroatoms. The van der Waals surface area contributed by atoms with E-state index in [2.05, 4.69) is 69.2 Å². The van der Waals surface area contributed by atoms with Crippen molar-refractivity contribution in [3.8, 4) is 5.69 Å². The first kappa shape index (κ1) is 17.9. The van der Waals surface area contributed by atoms with E-state index < -0.39 is 0 Å². The van der Waals surface area contributed by atoms with Crippen LogP contribution in [0.3, 0.4) is 0 Å². The number of nitrogens with zero attached hydrogens (tertiary/aromatic N) is 4. The molecular weight excluding hydrogens is 368 g/mol. The largest absolute Gasteiger partial charge is 0.295 e. The molecule has 144 valence electrons. The Morgan fingerprint density at radius 2 is 1.64 bits per heavy atom. The van der Waals surface area contributed by atoms with Gasteiger partial charge in [0.15, 0.2) is 5.82 Å². The molecule has 28 heavy (non-hydrogen) atoms. The molecule has 0 atom stereocenters. The molecule has 5 rings (SSSR count). The van der Waals surface area contributed by atoms with Gasteiger partial charge < -0.3 is 0 Å². The van der Waals surface area contributed by atoms with Crippen LogP contribution < -0.4 is 0 Å². The molecule has 2 aliphatic rings. The lowest BCUT2D eigenvalue weighted by molar-refractivity contribution is 0.315. The summed E-state index contributed by atoms with van der Waals surface area (Å²) in [6.45, 7) is 1.68. The molecule has 0 bridgehead atoms. The van der Waals surface area contributed by atoms with Crippen molar-refractivity contribution in [3.63, 3.8) is 0 Å². The van der Waals surface area contributed by atoms with Crippen LogP contribution in [0.4, 0.5) is 0 Å². The Morgan fingerprint density at radius 1 is 0.893 bits per heavy atom. The maximum atomic E-state index is 6.28. The zero-order valence-corrected chi connectivity index (χ0v) is 16.9. The van der Waals surface area contributed by atoms with Crippen LogP contribution in [0.5, 0.6) is 0 Å². The van der Waals surface area contributed by atoms with Crippen molar-refractivity contribution in [2.75, 3.05) is 7.05 Å². The van der Waals surface area contributed by atoms with Crippen molar-refractivity contribution < 1.29 is 0 Å². The number of aromatic nitrogens is 3. The van der Waals surface area contributed by atoms with Gasteiger partial charge in [0.1, 0.15) is 5.82 Å². The topological polar surface area (TPSA) is 34.0 Å². The first-order valence-corrected chi connectivity index (χ1v) is 10.5. The van der Waals surface area contributed by atoms with Gasteiger partial charge in [-0.15, -0.1) is 10.2 Å². The van der Waals surface area contributed by atoms with E-state index in [1.807, 2.05) is 6.07 Å². The fourth-order valence-electron chi connectivity index (χ4n) is 4.86. The number of fused-ring (bicyclic) bond motifs is 3. The highest BCUT2D eigenvalue weighted by Gasteiger charge is 2.30. The van der Waals surface area contributed by atoms with E-state index in [1.54, 1.807) is 0 Å². The first-order valence-electron chi connectivity index (χ1n) is 10.2. The van der Waals surface area contributed by atoms with Crippen LogP contribution in [0.2, 0.25) is 5.02 Å². The minimum absolute atomic E-state index is 0.466. The van der Waals surface area contributed by atoms with Crippen LogP contribution in [0, 0.1) is 0 Å². The van der Waals surface area contributed by atoms with Gasteiger partial charge in [0, 0.05) is 17.5 Å². The van der Waals surface area contributed by atoms with Crippen molar-refractivity contribution in [1.82, 2.24) is 19.7 Å². The molecule has 0 saturated heterocycles. The molecule has 1 aliphatic heterocycles. The van der Waals surface area contributed by atoms with E-state index in [9.17, 15) is 0 Å². The van der Waals surface area contributed by atoms with Crippen molar-refractivity contribution in [1.29, 1.82) is 0 Å². The molecule has 3 aromatic rings. The molecule has 1 saturated carbocycles. The number of halogens is 1. The minimum Gasteiger partial charge on any atom is -0.295 e. The molecular formula is C23H25ClN4. The van der Waals surface area contributed by atoms with Gasteiger partial charge >= 0.3 is 0 Å². The van der Waals surface area contributed by atoms with E-state index in [0.717, 1.165) is 42.6 Å². The molecule has 4 nitrogen and oxygen atoms in total. The van der Waals surface area contributed by atoms with Gasteiger partial charge in [-0.25, -0.2) is 0 Å². The zero-order valence-electron chi connectivity index (χ0n) is 16.2. The van der Waals surface area contributed by atoms with E-state index in [0.29, 0.717) is 11.8 Å². The van der Waals surface area contributed by atoms with E-state index in [4.69, 9.17) is 11.6 Å². The van der Waals surface area contributed by atoms with Gasteiger partial charge in [0.05, 0.1) is 12.2 Å². The zero-order chi connectivity index (χ0) is 19.1. The molecule has 0 spiro atoms. The minimum atomic E-state index is 0.466. The van der Waals surface area contributed by atoms with Crippen LogP contribution in [-0.4, -0.2) is 26.7 Å². The first-order chi connectivity index (χ1) is 13.7. The smallest absolute Gasteiger partial charge is 0.151 e. The summed E-state index contributed by atoms with van der Waals surface area (Å²) in [6.07, 6.45) is 4.75. The van der Waals surface area contributed by atoms with Gasteiger partial charge in [0.25, 0.3) is 0 Å². The molecule has 0 N–H and O–H groups in total. The Balaban J connectivity index is 1.45. The quantitative estimate of drug-likeness (QED) is 0.592. The summed E-state index contributed by atoms with van der Waals surface area (Å²) in [5.74, 6) is 3.29. The number of hydrogen-bond acceptors (Lipinski definition) is 3. The predicted molar refractivity (Wildman–Crippen MR) is 112 cm³/mol. The molecule has 2 heterocycles. The lowest BCUT2D eigenvalue weighted by atomic mass is 9.78. The highest BCUT2D eigenvalue weighted by atomic mass is 35.5. The van der Waals surface area contributed by atoms with Crippen molar-refractivity contribution in [2.24, 2.45) is 0 Å². The van der Waals surface area contributed by atoms with Crippen LogP contribution in [0.1, 0.15) is 60.3 Å². The molecule has 1 aliphatic carbocycles. The Hall–Kier alpha value is -2.17. The third-order valence-corrected chi connectivity index (χ3v) is 6.49.